The van der Waals surface area contributed by atoms with Crippen molar-refractivity contribution in [2.24, 2.45) is 0 Å². The van der Waals surface area contributed by atoms with Gasteiger partial charge in [0.05, 0.1) is 5.69 Å². The fourth-order valence-electron chi connectivity index (χ4n) is 9.01. The Morgan fingerprint density at radius 2 is 0.836 bits per heavy atom. The molecule has 0 aliphatic rings. The minimum Gasteiger partial charge on any atom is -0.310 e. The van der Waals surface area contributed by atoms with Gasteiger partial charge in [0.1, 0.15) is 0 Å². The number of hydrogen-bond donors (Lipinski definition) is 0. The first kappa shape index (κ1) is 35.6. The summed E-state index contributed by atoms with van der Waals surface area (Å²) in [6.45, 7) is 0. The third kappa shape index (κ3) is 6.29. The summed E-state index contributed by atoms with van der Waals surface area (Å²) >= 11 is 3.76. The van der Waals surface area contributed by atoms with Crippen molar-refractivity contribution in [2.45, 2.75) is 0 Å². The fourth-order valence-corrected chi connectivity index (χ4v) is 11.4. The maximum absolute atomic E-state index is 2.47. The Kier molecular flexibility index (Phi) is 8.62. The Balaban J connectivity index is 0.994. The molecule has 3 heteroatoms. The lowest BCUT2D eigenvalue weighted by molar-refractivity contribution is 1.31. The van der Waals surface area contributed by atoms with Gasteiger partial charge in [-0.25, -0.2) is 0 Å². The predicted octanol–water partition coefficient (Wildman–Crippen LogP) is 17.7. The molecule has 0 radical (unpaired) electrons. The van der Waals surface area contributed by atoms with Crippen LogP contribution in [0.1, 0.15) is 0 Å². The first-order chi connectivity index (χ1) is 30.2. The SMILES string of the molecule is c1ccc(-c2ccc3c(c2)sc2cc(N(c4ccc(-c5ccc(-c6ccc7ccccc7c6)cc5)cc4)c4ccc(-c5ccccc5)c5sc6ccccc6c45)ccc23)cc1. The average molecular weight is 812 g/mol. The molecule has 2 aromatic heterocycles. The van der Waals surface area contributed by atoms with Crippen LogP contribution in [-0.4, -0.2) is 0 Å². The van der Waals surface area contributed by atoms with Crippen molar-refractivity contribution < 1.29 is 0 Å². The van der Waals surface area contributed by atoms with Crippen molar-refractivity contribution in [3.63, 3.8) is 0 Å². The van der Waals surface area contributed by atoms with Gasteiger partial charge in [0.2, 0.25) is 0 Å². The van der Waals surface area contributed by atoms with E-state index in [1.807, 2.05) is 22.7 Å². The van der Waals surface area contributed by atoms with E-state index >= 15 is 0 Å². The standard InChI is InChI=1S/C58H37NS2/c1-3-11-38(12-4-1)46-27-31-50-51-32-30-48(37-56(51)60-55(50)36-46)59(53-34-33-49(43-14-5-2-6-15-43)58-57(53)52-17-9-10-18-54(52)61-58)47-28-25-41(26-29-47)40-19-21-42(22-20-40)45-24-23-39-13-7-8-16-44(39)35-45/h1-37H. The van der Waals surface area contributed by atoms with Gasteiger partial charge in [-0.15, -0.1) is 22.7 Å². The molecule has 0 unspecified atom stereocenters. The molecule has 1 nitrogen and oxygen atoms in total. The number of hydrogen-bond acceptors (Lipinski definition) is 3. The molecule has 286 valence electrons. The number of benzene rings is 10. The second-order valence-electron chi connectivity index (χ2n) is 15.7. The number of fused-ring (bicyclic) bond motifs is 7. The van der Waals surface area contributed by atoms with Gasteiger partial charge in [-0.3, -0.25) is 0 Å². The van der Waals surface area contributed by atoms with Gasteiger partial charge in [0, 0.05) is 51.7 Å². The van der Waals surface area contributed by atoms with Crippen molar-refractivity contribution in [2.75, 3.05) is 4.90 Å². The molecule has 0 atom stereocenters. The molecule has 0 bridgehead atoms. The zero-order valence-corrected chi connectivity index (χ0v) is 34.8. The number of thiophene rings is 2. The van der Waals surface area contributed by atoms with E-state index in [1.54, 1.807) is 0 Å². The molecular formula is C58H37NS2. The van der Waals surface area contributed by atoms with Crippen LogP contribution in [0.15, 0.2) is 224 Å². The van der Waals surface area contributed by atoms with Gasteiger partial charge < -0.3 is 4.90 Å². The Morgan fingerprint density at radius 1 is 0.295 bits per heavy atom. The van der Waals surface area contributed by atoms with Gasteiger partial charge in [-0.2, -0.15) is 0 Å². The van der Waals surface area contributed by atoms with Crippen LogP contribution in [0.2, 0.25) is 0 Å². The summed E-state index contributed by atoms with van der Waals surface area (Å²) in [5.41, 5.74) is 13.2. The molecule has 0 amide bonds. The van der Waals surface area contributed by atoms with Crippen molar-refractivity contribution in [1.29, 1.82) is 0 Å². The third-order valence-corrected chi connectivity index (χ3v) is 14.4. The Bertz CT molecular complexity index is 3560. The number of nitrogens with zero attached hydrogens (tertiary/aromatic N) is 1. The maximum Gasteiger partial charge on any atom is 0.0555 e. The molecular weight excluding hydrogens is 775 g/mol. The highest BCUT2D eigenvalue weighted by Gasteiger charge is 2.22. The topological polar surface area (TPSA) is 3.24 Å². The molecule has 0 saturated heterocycles. The van der Waals surface area contributed by atoms with E-state index in [0.717, 1.165) is 11.4 Å². The second kappa shape index (κ2) is 14.8. The van der Waals surface area contributed by atoms with Crippen LogP contribution in [0.4, 0.5) is 17.1 Å². The monoisotopic (exact) mass is 811 g/mol. The highest BCUT2D eigenvalue weighted by molar-refractivity contribution is 7.26. The van der Waals surface area contributed by atoms with Crippen LogP contribution >= 0.6 is 22.7 Å². The van der Waals surface area contributed by atoms with E-state index < -0.39 is 0 Å². The summed E-state index contributed by atoms with van der Waals surface area (Å²) < 4.78 is 5.17. The third-order valence-electron chi connectivity index (χ3n) is 12.1. The average Bonchev–Trinajstić information content (AvgIpc) is 3.91. The second-order valence-corrected chi connectivity index (χ2v) is 17.8. The van der Waals surface area contributed by atoms with Crippen molar-refractivity contribution in [3.8, 4) is 44.5 Å². The van der Waals surface area contributed by atoms with Crippen molar-refractivity contribution >= 4 is 90.9 Å². The van der Waals surface area contributed by atoms with Gasteiger partial charge in [0.25, 0.3) is 0 Å². The lowest BCUT2D eigenvalue weighted by atomic mass is 9.98. The van der Waals surface area contributed by atoms with Gasteiger partial charge in [-0.1, -0.05) is 176 Å². The zero-order valence-electron chi connectivity index (χ0n) is 33.1. The summed E-state index contributed by atoms with van der Waals surface area (Å²) in [5, 5.41) is 7.66. The van der Waals surface area contributed by atoms with Crippen LogP contribution in [0.25, 0.3) is 95.6 Å². The van der Waals surface area contributed by atoms with E-state index in [2.05, 4.69) is 229 Å². The lowest BCUT2D eigenvalue weighted by Gasteiger charge is -2.27. The molecule has 0 aliphatic heterocycles. The van der Waals surface area contributed by atoms with Crippen molar-refractivity contribution in [3.05, 3.63) is 224 Å². The quantitative estimate of drug-likeness (QED) is 0.155. The van der Waals surface area contributed by atoms with E-state index in [9.17, 15) is 0 Å². The minimum atomic E-state index is 1.12. The molecule has 2 heterocycles. The largest absolute Gasteiger partial charge is 0.310 e. The summed E-state index contributed by atoms with van der Waals surface area (Å²) in [6, 6.07) is 82.4. The summed E-state index contributed by atoms with van der Waals surface area (Å²) in [7, 11) is 0. The highest BCUT2D eigenvalue weighted by atomic mass is 32.1. The fraction of sp³-hybridized carbons (Fsp3) is 0. The summed E-state index contributed by atoms with van der Waals surface area (Å²) in [5.74, 6) is 0. The van der Waals surface area contributed by atoms with E-state index in [1.165, 1.54) is 101 Å². The molecule has 0 saturated carbocycles. The summed E-state index contributed by atoms with van der Waals surface area (Å²) in [4.78, 5) is 2.47. The van der Waals surface area contributed by atoms with Crippen LogP contribution in [0.5, 0.6) is 0 Å². The van der Waals surface area contributed by atoms with Gasteiger partial charge >= 0.3 is 0 Å². The van der Waals surface area contributed by atoms with Crippen LogP contribution in [0, 0.1) is 0 Å². The van der Waals surface area contributed by atoms with Crippen LogP contribution in [0.3, 0.4) is 0 Å². The zero-order chi connectivity index (χ0) is 40.3. The number of rotatable bonds is 7. The normalized spacial score (nSPS) is 11.6. The molecule has 12 rings (SSSR count). The minimum absolute atomic E-state index is 1.12. The van der Waals surface area contributed by atoms with E-state index in [4.69, 9.17) is 0 Å². The smallest absolute Gasteiger partial charge is 0.0555 e. The molecule has 61 heavy (non-hydrogen) atoms. The molecule has 0 fully saturated rings. The molecule has 0 N–H and O–H groups in total. The first-order valence-corrected chi connectivity index (χ1v) is 22.4. The Labute approximate surface area is 362 Å². The first-order valence-electron chi connectivity index (χ1n) is 20.7. The molecule has 0 aliphatic carbocycles. The molecule has 0 spiro atoms. The maximum atomic E-state index is 2.47. The van der Waals surface area contributed by atoms with E-state index in [-0.39, 0.29) is 0 Å². The number of anilines is 3. The predicted molar refractivity (Wildman–Crippen MR) is 266 cm³/mol. The Morgan fingerprint density at radius 3 is 1.61 bits per heavy atom. The van der Waals surface area contributed by atoms with Crippen LogP contribution in [-0.2, 0) is 0 Å². The molecule has 10 aromatic carbocycles. The summed E-state index contributed by atoms with van der Waals surface area (Å²) in [6.07, 6.45) is 0. The highest BCUT2D eigenvalue weighted by Crippen LogP contribution is 2.49. The van der Waals surface area contributed by atoms with Gasteiger partial charge in [-0.05, 0) is 104 Å². The van der Waals surface area contributed by atoms with Crippen molar-refractivity contribution in [1.82, 2.24) is 0 Å². The molecule has 12 aromatic rings. The van der Waals surface area contributed by atoms with E-state index in [0.29, 0.717) is 0 Å². The Hall–Kier alpha value is -7.30. The van der Waals surface area contributed by atoms with Gasteiger partial charge in [0.15, 0.2) is 0 Å². The van der Waals surface area contributed by atoms with Crippen LogP contribution < -0.4 is 4.90 Å². The lowest BCUT2D eigenvalue weighted by Crippen LogP contribution is -2.10.